The number of carbonyl (C=O) groups is 2. The van der Waals surface area contributed by atoms with Gasteiger partial charge in [0.05, 0.1) is 0 Å². The third kappa shape index (κ3) is 2.03. The number of carbonyl (C=O) groups excluding carboxylic acids is 2. The number of amides is 3. The molecule has 3 aliphatic rings. The minimum atomic E-state index is -0.502. The van der Waals surface area contributed by atoms with Crippen molar-refractivity contribution < 1.29 is 9.59 Å². The normalized spacial score (nSPS) is 25.2. The highest BCUT2D eigenvalue weighted by molar-refractivity contribution is 6.10. The van der Waals surface area contributed by atoms with Gasteiger partial charge in [0, 0.05) is 30.7 Å². The SMILES string of the molecule is CCN1C(=O)C2C(N=C3N(c4cccc(C)c4)C(C)=C(C)N32)N(C)C1=O. The predicted molar refractivity (Wildman–Crippen MR) is 99.4 cm³/mol. The summed E-state index contributed by atoms with van der Waals surface area (Å²) in [6.07, 6.45) is -0.497. The smallest absolute Gasteiger partial charge is 0.302 e. The molecule has 3 aliphatic heterocycles. The van der Waals surface area contributed by atoms with Gasteiger partial charge in [0.2, 0.25) is 5.96 Å². The Bertz CT molecular complexity index is 874. The molecule has 0 bridgehead atoms. The number of guanidine groups is 1. The van der Waals surface area contributed by atoms with Gasteiger partial charge in [-0.15, -0.1) is 0 Å². The summed E-state index contributed by atoms with van der Waals surface area (Å²) in [6.45, 7) is 8.26. The number of likely N-dealkylation sites (N-methyl/N-ethyl adjacent to an activating group) is 2. The van der Waals surface area contributed by atoms with E-state index in [9.17, 15) is 9.59 Å². The maximum atomic E-state index is 13.0. The van der Waals surface area contributed by atoms with Crippen molar-refractivity contribution in [2.45, 2.75) is 39.9 Å². The lowest BCUT2D eigenvalue weighted by Crippen LogP contribution is -2.64. The Morgan fingerprint density at radius 3 is 2.50 bits per heavy atom. The number of nitrogens with zero attached hydrogens (tertiary/aromatic N) is 5. The molecule has 7 nitrogen and oxygen atoms in total. The molecule has 26 heavy (non-hydrogen) atoms. The van der Waals surface area contributed by atoms with Crippen LogP contribution in [0.1, 0.15) is 26.3 Å². The first-order valence-corrected chi connectivity index (χ1v) is 8.86. The molecule has 3 amide bonds. The molecule has 1 saturated heterocycles. The molecule has 4 rings (SSSR count). The van der Waals surface area contributed by atoms with E-state index in [0.717, 1.165) is 22.6 Å². The van der Waals surface area contributed by atoms with Crippen molar-refractivity contribution in [2.75, 3.05) is 18.5 Å². The van der Waals surface area contributed by atoms with Crippen LogP contribution in [-0.2, 0) is 4.79 Å². The molecule has 3 heterocycles. The first-order chi connectivity index (χ1) is 12.4. The molecular weight excluding hydrogens is 330 g/mol. The number of aryl methyl sites for hydroxylation is 1. The molecular formula is C19H23N5O2. The van der Waals surface area contributed by atoms with Crippen LogP contribution in [0.15, 0.2) is 40.7 Å². The summed E-state index contributed by atoms with van der Waals surface area (Å²) < 4.78 is 0. The Labute approximate surface area is 153 Å². The molecule has 0 spiro atoms. The van der Waals surface area contributed by atoms with Crippen LogP contribution in [0, 0.1) is 6.92 Å². The van der Waals surface area contributed by atoms with Crippen LogP contribution in [0.5, 0.6) is 0 Å². The van der Waals surface area contributed by atoms with E-state index >= 15 is 0 Å². The molecule has 2 unspecified atom stereocenters. The van der Waals surface area contributed by atoms with Gasteiger partial charge >= 0.3 is 6.03 Å². The van der Waals surface area contributed by atoms with Crippen LogP contribution in [0.4, 0.5) is 10.5 Å². The third-order valence-corrected chi connectivity index (χ3v) is 5.47. The second kappa shape index (κ2) is 5.59. The largest absolute Gasteiger partial charge is 0.328 e. The van der Waals surface area contributed by atoms with Crippen molar-refractivity contribution >= 4 is 23.6 Å². The lowest BCUT2D eigenvalue weighted by Gasteiger charge is -2.40. The van der Waals surface area contributed by atoms with E-state index in [4.69, 9.17) is 4.99 Å². The summed E-state index contributed by atoms with van der Waals surface area (Å²) in [4.78, 5) is 37.2. The Hall–Kier alpha value is -2.83. The van der Waals surface area contributed by atoms with Crippen LogP contribution in [-0.4, -0.2) is 58.4 Å². The van der Waals surface area contributed by atoms with E-state index in [1.165, 1.54) is 4.90 Å². The summed E-state index contributed by atoms with van der Waals surface area (Å²) in [6, 6.07) is 7.40. The van der Waals surface area contributed by atoms with Crippen molar-refractivity contribution in [3.63, 3.8) is 0 Å². The Balaban J connectivity index is 1.81. The van der Waals surface area contributed by atoms with Crippen molar-refractivity contribution in [3.05, 3.63) is 41.2 Å². The average Bonchev–Trinajstić information content (AvgIpc) is 3.10. The molecule has 0 N–H and O–H groups in total. The summed E-state index contributed by atoms with van der Waals surface area (Å²) in [7, 11) is 1.71. The van der Waals surface area contributed by atoms with Gasteiger partial charge in [0.1, 0.15) is 0 Å². The maximum absolute atomic E-state index is 13.0. The molecule has 1 aromatic carbocycles. The molecule has 0 radical (unpaired) electrons. The minimum absolute atomic E-state index is 0.183. The van der Waals surface area contributed by atoms with E-state index in [2.05, 4.69) is 24.0 Å². The van der Waals surface area contributed by atoms with Crippen molar-refractivity contribution in [3.8, 4) is 0 Å². The predicted octanol–water partition coefficient (Wildman–Crippen LogP) is 2.35. The zero-order chi connectivity index (χ0) is 18.7. The van der Waals surface area contributed by atoms with Gasteiger partial charge in [-0.1, -0.05) is 12.1 Å². The highest BCUT2D eigenvalue weighted by atomic mass is 16.2. The van der Waals surface area contributed by atoms with Crippen LogP contribution >= 0.6 is 0 Å². The average molecular weight is 353 g/mol. The van der Waals surface area contributed by atoms with E-state index in [1.807, 2.05) is 37.8 Å². The molecule has 1 aromatic rings. The standard InChI is InChI=1S/C19H23N5O2/c1-6-22-17(25)15-16(21(5)19(22)26)20-18-23(12(3)13(4)24(15)18)14-9-7-8-11(2)10-14/h7-10,15-16H,6H2,1-5H3. The van der Waals surface area contributed by atoms with Gasteiger partial charge in [-0.05, 0) is 45.4 Å². The van der Waals surface area contributed by atoms with Gasteiger partial charge in [-0.3, -0.25) is 19.5 Å². The topological polar surface area (TPSA) is 59.5 Å². The van der Waals surface area contributed by atoms with Gasteiger partial charge in [0.15, 0.2) is 12.2 Å². The molecule has 0 saturated carbocycles. The number of anilines is 1. The summed E-state index contributed by atoms with van der Waals surface area (Å²) in [5.41, 5.74) is 4.20. The van der Waals surface area contributed by atoms with Crippen molar-refractivity contribution in [1.29, 1.82) is 0 Å². The number of urea groups is 1. The van der Waals surface area contributed by atoms with Crippen LogP contribution in [0.3, 0.4) is 0 Å². The Morgan fingerprint density at radius 2 is 1.85 bits per heavy atom. The minimum Gasteiger partial charge on any atom is -0.302 e. The summed E-state index contributed by atoms with van der Waals surface area (Å²) in [5, 5.41) is 0. The molecule has 0 aliphatic carbocycles. The highest BCUT2D eigenvalue weighted by Gasteiger charge is 2.55. The molecule has 7 heteroatoms. The highest BCUT2D eigenvalue weighted by Crippen LogP contribution is 2.39. The molecule has 2 atom stereocenters. The monoisotopic (exact) mass is 353 g/mol. The van der Waals surface area contributed by atoms with Gasteiger partial charge in [-0.25, -0.2) is 9.79 Å². The number of hydrogen-bond acceptors (Lipinski definition) is 5. The van der Waals surface area contributed by atoms with Gasteiger partial charge in [0.25, 0.3) is 5.91 Å². The van der Waals surface area contributed by atoms with E-state index in [-0.39, 0.29) is 11.9 Å². The Kier molecular flexibility index (Phi) is 3.57. The summed E-state index contributed by atoms with van der Waals surface area (Å²) >= 11 is 0. The van der Waals surface area contributed by atoms with E-state index in [0.29, 0.717) is 12.5 Å². The number of aliphatic imine (C=N–C) groups is 1. The van der Waals surface area contributed by atoms with Gasteiger partial charge in [-0.2, -0.15) is 0 Å². The number of fused-ring (bicyclic) bond motifs is 3. The third-order valence-electron chi connectivity index (χ3n) is 5.47. The first kappa shape index (κ1) is 16.6. The fourth-order valence-electron chi connectivity index (χ4n) is 3.98. The zero-order valence-corrected chi connectivity index (χ0v) is 15.7. The summed E-state index contributed by atoms with van der Waals surface area (Å²) in [5.74, 6) is 0.532. The number of allylic oxidation sites excluding steroid dienone is 2. The van der Waals surface area contributed by atoms with Crippen molar-refractivity contribution in [1.82, 2.24) is 14.7 Å². The molecule has 1 fully saturated rings. The lowest BCUT2D eigenvalue weighted by atomic mass is 10.1. The number of rotatable bonds is 2. The number of benzene rings is 1. The van der Waals surface area contributed by atoms with Crippen LogP contribution in [0.2, 0.25) is 0 Å². The van der Waals surface area contributed by atoms with E-state index in [1.54, 1.807) is 11.9 Å². The van der Waals surface area contributed by atoms with E-state index < -0.39 is 12.2 Å². The second-order valence-corrected chi connectivity index (χ2v) is 6.98. The molecule has 0 aromatic heterocycles. The fraction of sp³-hybridized carbons (Fsp3) is 0.421. The quantitative estimate of drug-likeness (QED) is 0.819. The Morgan fingerprint density at radius 1 is 1.12 bits per heavy atom. The fourth-order valence-corrected chi connectivity index (χ4v) is 3.98. The maximum Gasteiger partial charge on any atom is 0.328 e. The molecule has 136 valence electrons. The van der Waals surface area contributed by atoms with Crippen LogP contribution < -0.4 is 4.90 Å². The number of imide groups is 1. The first-order valence-electron chi connectivity index (χ1n) is 8.86. The van der Waals surface area contributed by atoms with Gasteiger partial charge < -0.3 is 4.90 Å². The lowest BCUT2D eigenvalue weighted by molar-refractivity contribution is -0.136. The van der Waals surface area contributed by atoms with Crippen LogP contribution in [0.25, 0.3) is 0 Å². The van der Waals surface area contributed by atoms with Crippen molar-refractivity contribution in [2.24, 2.45) is 4.99 Å². The zero-order valence-electron chi connectivity index (χ0n) is 15.7. The number of hydrogen-bond donors (Lipinski definition) is 0. The second-order valence-electron chi connectivity index (χ2n) is 6.98.